The highest BCUT2D eigenvalue weighted by Gasteiger charge is 2.25. The zero-order valence-corrected chi connectivity index (χ0v) is 14.0. The lowest BCUT2D eigenvalue weighted by atomic mass is 9.96. The smallest absolute Gasteiger partial charge is 0.273 e. The summed E-state index contributed by atoms with van der Waals surface area (Å²) in [5, 5.41) is 3.38. The quantitative estimate of drug-likeness (QED) is 0.896. The summed E-state index contributed by atoms with van der Waals surface area (Å²) in [5.74, 6) is 0.727. The molecular weight excluding hydrogens is 342 g/mol. The van der Waals surface area contributed by atoms with Gasteiger partial charge in [0.15, 0.2) is 0 Å². The first-order valence-electron chi connectivity index (χ1n) is 6.83. The van der Waals surface area contributed by atoms with Crippen LogP contribution in [0.4, 0.5) is 0 Å². The SMILES string of the molecule is CCNCC1CCN(C(=O)c2ncccc2Br)CC1.Cl. The molecule has 4 nitrogen and oxygen atoms in total. The second kappa shape index (κ2) is 8.60. The number of likely N-dealkylation sites (tertiary alicyclic amines) is 1. The fourth-order valence-electron chi connectivity index (χ4n) is 2.38. The van der Waals surface area contributed by atoms with E-state index in [4.69, 9.17) is 0 Å². The molecule has 0 atom stereocenters. The van der Waals surface area contributed by atoms with Gasteiger partial charge in [-0.15, -0.1) is 12.4 Å². The summed E-state index contributed by atoms with van der Waals surface area (Å²) in [6.07, 6.45) is 3.81. The number of piperidine rings is 1. The van der Waals surface area contributed by atoms with Crippen molar-refractivity contribution in [3.8, 4) is 0 Å². The highest BCUT2D eigenvalue weighted by Crippen LogP contribution is 2.21. The molecular formula is C14H21BrClN3O. The summed E-state index contributed by atoms with van der Waals surface area (Å²) >= 11 is 3.39. The van der Waals surface area contributed by atoms with E-state index in [0.717, 1.165) is 43.5 Å². The first-order chi connectivity index (χ1) is 9.22. The van der Waals surface area contributed by atoms with Crippen molar-refractivity contribution in [2.45, 2.75) is 19.8 Å². The Hall–Kier alpha value is -0.650. The van der Waals surface area contributed by atoms with Crippen molar-refractivity contribution in [3.63, 3.8) is 0 Å². The zero-order chi connectivity index (χ0) is 13.7. The molecule has 1 aliphatic rings. The van der Waals surface area contributed by atoms with Gasteiger partial charge in [-0.25, -0.2) is 4.98 Å². The van der Waals surface area contributed by atoms with Gasteiger partial charge in [-0.05, 0) is 59.9 Å². The molecule has 6 heteroatoms. The van der Waals surface area contributed by atoms with Crippen LogP contribution < -0.4 is 5.32 Å². The van der Waals surface area contributed by atoms with E-state index in [0.29, 0.717) is 11.6 Å². The average Bonchev–Trinajstić information content (AvgIpc) is 2.45. The highest BCUT2D eigenvalue weighted by atomic mass is 79.9. The predicted octanol–water partition coefficient (Wildman–Crippen LogP) is 2.73. The van der Waals surface area contributed by atoms with E-state index in [9.17, 15) is 4.79 Å². The number of nitrogens with zero attached hydrogens (tertiary/aromatic N) is 2. The second-order valence-electron chi connectivity index (χ2n) is 4.88. The number of rotatable bonds is 4. The minimum Gasteiger partial charge on any atom is -0.337 e. The van der Waals surface area contributed by atoms with Crippen LogP contribution in [0.3, 0.4) is 0 Å². The van der Waals surface area contributed by atoms with Crippen molar-refractivity contribution < 1.29 is 4.79 Å². The third-order valence-electron chi connectivity index (χ3n) is 3.55. The molecule has 0 unspecified atom stereocenters. The molecule has 1 aromatic heterocycles. The molecule has 1 saturated heterocycles. The number of nitrogens with one attached hydrogen (secondary N) is 1. The van der Waals surface area contributed by atoms with Crippen molar-refractivity contribution in [3.05, 3.63) is 28.5 Å². The Kier molecular flexibility index (Phi) is 7.48. The first kappa shape index (κ1) is 17.4. The molecule has 0 saturated carbocycles. The number of hydrogen-bond donors (Lipinski definition) is 1. The summed E-state index contributed by atoms with van der Waals surface area (Å²) in [7, 11) is 0. The van der Waals surface area contributed by atoms with E-state index >= 15 is 0 Å². The number of aromatic nitrogens is 1. The van der Waals surface area contributed by atoms with Crippen LogP contribution in [0.1, 0.15) is 30.3 Å². The maximum Gasteiger partial charge on any atom is 0.273 e. The van der Waals surface area contributed by atoms with Gasteiger partial charge in [-0.3, -0.25) is 4.79 Å². The van der Waals surface area contributed by atoms with E-state index in [1.54, 1.807) is 6.20 Å². The van der Waals surface area contributed by atoms with Gasteiger partial charge in [0.1, 0.15) is 5.69 Å². The van der Waals surface area contributed by atoms with Crippen LogP contribution >= 0.6 is 28.3 Å². The standard InChI is InChI=1S/C14H20BrN3O.ClH/c1-2-16-10-11-5-8-18(9-6-11)14(19)13-12(15)4-3-7-17-13;/h3-4,7,11,16H,2,5-6,8-10H2,1H3;1H. The number of amides is 1. The number of pyridine rings is 1. The molecule has 0 bridgehead atoms. The van der Waals surface area contributed by atoms with Crippen molar-refractivity contribution in [2.75, 3.05) is 26.2 Å². The molecule has 20 heavy (non-hydrogen) atoms. The Bertz CT molecular complexity index is 436. The molecule has 112 valence electrons. The number of carbonyl (C=O) groups is 1. The van der Waals surface area contributed by atoms with Crippen molar-refractivity contribution in [2.24, 2.45) is 5.92 Å². The summed E-state index contributed by atoms with van der Waals surface area (Å²) in [4.78, 5) is 18.4. The summed E-state index contributed by atoms with van der Waals surface area (Å²) in [6, 6.07) is 3.68. The van der Waals surface area contributed by atoms with Crippen LogP contribution in [0.5, 0.6) is 0 Å². The van der Waals surface area contributed by atoms with Gasteiger partial charge in [-0.2, -0.15) is 0 Å². The third-order valence-corrected chi connectivity index (χ3v) is 4.19. The lowest BCUT2D eigenvalue weighted by Gasteiger charge is -2.32. The van der Waals surface area contributed by atoms with E-state index in [1.165, 1.54) is 0 Å². The molecule has 1 aromatic rings. The summed E-state index contributed by atoms with van der Waals surface area (Å²) in [5.41, 5.74) is 0.521. The maximum absolute atomic E-state index is 12.4. The summed E-state index contributed by atoms with van der Waals surface area (Å²) < 4.78 is 0.773. The molecule has 1 amide bonds. The Morgan fingerprint density at radius 1 is 1.50 bits per heavy atom. The third kappa shape index (κ3) is 4.43. The monoisotopic (exact) mass is 361 g/mol. The van der Waals surface area contributed by atoms with Crippen molar-refractivity contribution in [1.29, 1.82) is 0 Å². The largest absolute Gasteiger partial charge is 0.337 e. The number of halogens is 2. The minimum absolute atomic E-state index is 0. The Morgan fingerprint density at radius 3 is 2.80 bits per heavy atom. The number of hydrogen-bond acceptors (Lipinski definition) is 3. The average molecular weight is 363 g/mol. The molecule has 2 rings (SSSR count). The Balaban J connectivity index is 0.00000200. The van der Waals surface area contributed by atoms with Crippen LogP contribution in [-0.4, -0.2) is 42.0 Å². The zero-order valence-electron chi connectivity index (χ0n) is 11.6. The number of carbonyl (C=O) groups excluding carboxylic acids is 1. The van der Waals surface area contributed by atoms with Gasteiger partial charge in [0.05, 0.1) is 0 Å². The first-order valence-corrected chi connectivity index (χ1v) is 7.62. The molecule has 0 spiro atoms. The predicted molar refractivity (Wildman–Crippen MR) is 86.4 cm³/mol. The molecule has 0 radical (unpaired) electrons. The molecule has 1 N–H and O–H groups in total. The van der Waals surface area contributed by atoms with Gasteiger partial charge in [0, 0.05) is 23.8 Å². The summed E-state index contributed by atoms with van der Waals surface area (Å²) in [6.45, 7) is 5.86. The molecule has 0 aromatic carbocycles. The Labute approximate surface area is 134 Å². The van der Waals surface area contributed by atoms with Crippen LogP contribution in [0.2, 0.25) is 0 Å². The normalized spacial score (nSPS) is 15.8. The Morgan fingerprint density at radius 2 is 2.20 bits per heavy atom. The van der Waals surface area contributed by atoms with E-state index in [2.05, 4.69) is 33.2 Å². The van der Waals surface area contributed by atoms with Gasteiger partial charge < -0.3 is 10.2 Å². The van der Waals surface area contributed by atoms with Gasteiger partial charge >= 0.3 is 0 Å². The second-order valence-corrected chi connectivity index (χ2v) is 5.73. The fraction of sp³-hybridized carbons (Fsp3) is 0.571. The lowest BCUT2D eigenvalue weighted by Crippen LogP contribution is -2.41. The van der Waals surface area contributed by atoms with Crippen LogP contribution in [0, 0.1) is 5.92 Å². The minimum atomic E-state index is 0. The van der Waals surface area contributed by atoms with Gasteiger partial charge in [0.25, 0.3) is 5.91 Å². The van der Waals surface area contributed by atoms with Crippen molar-refractivity contribution in [1.82, 2.24) is 15.2 Å². The lowest BCUT2D eigenvalue weighted by molar-refractivity contribution is 0.0683. The van der Waals surface area contributed by atoms with E-state index in [1.807, 2.05) is 17.0 Å². The topological polar surface area (TPSA) is 45.2 Å². The van der Waals surface area contributed by atoms with E-state index in [-0.39, 0.29) is 18.3 Å². The molecule has 2 heterocycles. The van der Waals surface area contributed by atoms with Gasteiger partial charge in [0.2, 0.25) is 0 Å². The van der Waals surface area contributed by atoms with Crippen molar-refractivity contribution >= 4 is 34.2 Å². The van der Waals surface area contributed by atoms with Crippen LogP contribution in [-0.2, 0) is 0 Å². The van der Waals surface area contributed by atoms with Crippen LogP contribution in [0.25, 0.3) is 0 Å². The maximum atomic E-state index is 12.4. The fourth-order valence-corrected chi connectivity index (χ4v) is 2.81. The van der Waals surface area contributed by atoms with Gasteiger partial charge in [-0.1, -0.05) is 6.92 Å². The molecule has 1 fully saturated rings. The van der Waals surface area contributed by atoms with Crippen LogP contribution in [0.15, 0.2) is 22.8 Å². The van der Waals surface area contributed by atoms with E-state index < -0.39 is 0 Å². The highest BCUT2D eigenvalue weighted by molar-refractivity contribution is 9.10. The molecule has 0 aliphatic carbocycles. The molecule has 1 aliphatic heterocycles.